The Morgan fingerprint density at radius 2 is 2.00 bits per heavy atom. The van der Waals surface area contributed by atoms with Crippen molar-refractivity contribution in [3.8, 4) is 0 Å². The normalized spacial score (nSPS) is 12.8. The molecule has 0 amide bonds. The average molecular weight is 304 g/mol. The number of nitrogens with two attached hydrogens (primary N) is 1. The fourth-order valence-corrected chi connectivity index (χ4v) is 2.63. The largest absolute Gasteiger partial charge is 0.320 e. The highest BCUT2D eigenvalue weighted by Crippen LogP contribution is 2.29. The molecule has 0 radical (unpaired) electrons. The van der Waals surface area contributed by atoms with Crippen LogP contribution in [-0.4, -0.2) is 0 Å². The molecule has 1 atom stereocenters. The molecule has 1 aromatic carbocycles. The molecule has 2 aromatic rings. The molecule has 1 nitrogen and oxygen atoms in total. The van der Waals surface area contributed by atoms with Gasteiger partial charge in [-0.05, 0) is 39.0 Å². The molecule has 0 spiro atoms. The third-order valence-corrected chi connectivity index (χ3v) is 3.77. The lowest BCUT2D eigenvalue weighted by molar-refractivity contribution is 0.566. The first kappa shape index (κ1) is 11.7. The van der Waals surface area contributed by atoms with Crippen molar-refractivity contribution in [2.24, 2.45) is 5.73 Å². The van der Waals surface area contributed by atoms with Gasteiger partial charge in [0.15, 0.2) is 0 Å². The molecule has 0 saturated heterocycles. The summed E-state index contributed by atoms with van der Waals surface area (Å²) in [6.45, 7) is 0. The van der Waals surface area contributed by atoms with Crippen molar-refractivity contribution in [1.29, 1.82) is 0 Å². The minimum atomic E-state index is -0.616. The van der Waals surface area contributed by atoms with Gasteiger partial charge >= 0.3 is 0 Å². The fourth-order valence-electron chi connectivity index (χ4n) is 1.42. The minimum Gasteiger partial charge on any atom is -0.320 e. The molecule has 1 aromatic heterocycles. The van der Waals surface area contributed by atoms with Crippen molar-refractivity contribution in [3.63, 3.8) is 0 Å². The first-order chi connectivity index (χ1) is 7.58. The molecule has 0 saturated carbocycles. The zero-order valence-electron chi connectivity index (χ0n) is 8.08. The van der Waals surface area contributed by atoms with Gasteiger partial charge in [0.2, 0.25) is 0 Å². The molecule has 0 aliphatic rings. The van der Waals surface area contributed by atoms with E-state index in [-0.39, 0.29) is 0 Å². The van der Waals surface area contributed by atoms with E-state index in [1.54, 1.807) is 0 Å². The number of hydrogen-bond acceptors (Lipinski definition) is 2. The average Bonchev–Trinajstić information content (AvgIpc) is 2.64. The molecule has 1 unspecified atom stereocenters. The highest BCUT2D eigenvalue weighted by Gasteiger charge is 2.15. The molecular weight excluding hydrogens is 296 g/mol. The van der Waals surface area contributed by atoms with Crippen LogP contribution in [0.3, 0.4) is 0 Å². The van der Waals surface area contributed by atoms with E-state index in [1.165, 1.54) is 23.5 Å². The van der Waals surface area contributed by atoms with Gasteiger partial charge in [0, 0.05) is 11.6 Å². The number of halogens is 3. The SMILES string of the molecule is NC(c1csc(Br)c1)c1ccc(F)cc1F. The minimum absolute atomic E-state index is 0.298. The van der Waals surface area contributed by atoms with Gasteiger partial charge in [0.25, 0.3) is 0 Å². The summed E-state index contributed by atoms with van der Waals surface area (Å²) in [5.41, 5.74) is 7.01. The van der Waals surface area contributed by atoms with E-state index in [4.69, 9.17) is 5.73 Å². The molecule has 2 N–H and O–H groups in total. The smallest absolute Gasteiger partial charge is 0.131 e. The van der Waals surface area contributed by atoms with E-state index < -0.39 is 17.7 Å². The quantitative estimate of drug-likeness (QED) is 0.896. The molecule has 1 heterocycles. The van der Waals surface area contributed by atoms with Crippen LogP contribution in [0.15, 0.2) is 33.4 Å². The second-order valence-electron chi connectivity index (χ2n) is 3.33. The lowest BCUT2D eigenvalue weighted by Gasteiger charge is -2.11. The lowest BCUT2D eigenvalue weighted by atomic mass is 10.0. The summed E-state index contributed by atoms with van der Waals surface area (Å²) in [7, 11) is 0. The number of rotatable bonds is 2. The van der Waals surface area contributed by atoms with Gasteiger partial charge in [-0.15, -0.1) is 11.3 Å². The summed E-state index contributed by atoms with van der Waals surface area (Å²) in [5, 5.41) is 1.84. The number of benzene rings is 1. The maximum atomic E-state index is 13.5. The van der Waals surface area contributed by atoms with Crippen LogP contribution in [-0.2, 0) is 0 Å². The number of thiophene rings is 1. The molecule has 0 aliphatic carbocycles. The van der Waals surface area contributed by atoms with E-state index in [9.17, 15) is 8.78 Å². The Bertz CT molecular complexity index is 512. The third kappa shape index (κ3) is 2.31. The summed E-state index contributed by atoms with van der Waals surface area (Å²) >= 11 is 4.79. The predicted octanol–water partition coefficient (Wildman–Crippen LogP) is 3.84. The molecule has 2 rings (SSSR count). The van der Waals surface area contributed by atoms with Crippen LogP contribution in [0.25, 0.3) is 0 Å². The Labute approximate surface area is 104 Å². The Hall–Kier alpha value is -0.780. The van der Waals surface area contributed by atoms with Gasteiger partial charge in [-0.2, -0.15) is 0 Å². The van der Waals surface area contributed by atoms with Gasteiger partial charge in [-0.3, -0.25) is 0 Å². The van der Waals surface area contributed by atoms with E-state index in [0.29, 0.717) is 5.56 Å². The zero-order chi connectivity index (χ0) is 11.7. The third-order valence-electron chi connectivity index (χ3n) is 2.24. The lowest BCUT2D eigenvalue weighted by Crippen LogP contribution is -2.12. The summed E-state index contributed by atoms with van der Waals surface area (Å²) in [5.74, 6) is -1.21. The van der Waals surface area contributed by atoms with Crippen molar-refractivity contribution in [2.45, 2.75) is 6.04 Å². The van der Waals surface area contributed by atoms with Crippen LogP contribution in [0, 0.1) is 11.6 Å². The maximum Gasteiger partial charge on any atom is 0.131 e. The first-order valence-corrected chi connectivity index (χ1v) is 6.19. The molecule has 84 valence electrons. The van der Waals surface area contributed by atoms with Crippen molar-refractivity contribution in [3.05, 3.63) is 56.2 Å². The number of hydrogen-bond donors (Lipinski definition) is 1. The Morgan fingerprint density at radius 1 is 1.25 bits per heavy atom. The van der Waals surface area contributed by atoms with Gasteiger partial charge in [-0.1, -0.05) is 6.07 Å². The van der Waals surface area contributed by atoms with E-state index in [2.05, 4.69) is 15.9 Å². The van der Waals surface area contributed by atoms with Crippen LogP contribution in [0.4, 0.5) is 8.78 Å². The topological polar surface area (TPSA) is 26.0 Å². The second-order valence-corrected chi connectivity index (χ2v) is 5.62. The second kappa shape index (κ2) is 4.61. The molecule has 0 fully saturated rings. The van der Waals surface area contributed by atoms with Crippen LogP contribution >= 0.6 is 27.3 Å². The van der Waals surface area contributed by atoms with Gasteiger partial charge < -0.3 is 5.73 Å². The van der Waals surface area contributed by atoms with Crippen molar-refractivity contribution in [2.75, 3.05) is 0 Å². The van der Waals surface area contributed by atoms with E-state index >= 15 is 0 Å². The first-order valence-electron chi connectivity index (χ1n) is 4.52. The Kier molecular flexibility index (Phi) is 3.37. The molecule has 0 bridgehead atoms. The van der Waals surface area contributed by atoms with Gasteiger partial charge in [0.05, 0.1) is 9.83 Å². The van der Waals surface area contributed by atoms with Crippen LogP contribution in [0.2, 0.25) is 0 Å². The van der Waals surface area contributed by atoms with E-state index in [1.807, 2.05) is 11.4 Å². The Balaban J connectivity index is 2.37. The molecule has 16 heavy (non-hydrogen) atoms. The maximum absolute atomic E-state index is 13.5. The highest BCUT2D eigenvalue weighted by molar-refractivity contribution is 9.11. The summed E-state index contributed by atoms with van der Waals surface area (Å²) in [6, 6.07) is 4.69. The van der Waals surface area contributed by atoms with Crippen molar-refractivity contribution in [1.82, 2.24) is 0 Å². The van der Waals surface area contributed by atoms with Crippen LogP contribution in [0.5, 0.6) is 0 Å². The fraction of sp³-hybridized carbons (Fsp3) is 0.0909. The van der Waals surface area contributed by atoms with Gasteiger partial charge in [-0.25, -0.2) is 8.78 Å². The molecular formula is C11H8BrF2NS. The van der Waals surface area contributed by atoms with Crippen molar-refractivity contribution < 1.29 is 8.78 Å². The molecule has 5 heteroatoms. The summed E-state index contributed by atoms with van der Waals surface area (Å²) < 4.78 is 27.1. The predicted molar refractivity (Wildman–Crippen MR) is 64.4 cm³/mol. The van der Waals surface area contributed by atoms with Crippen molar-refractivity contribution >= 4 is 27.3 Å². The van der Waals surface area contributed by atoms with Gasteiger partial charge in [0.1, 0.15) is 11.6 Å². The summed E-state index contributed by atoms with van der Waals surface area (Å²) in [6.07, 6.45) is 0. The van der Waals surface area contributed by atoms with Crippen LogP contribution < -0.4 is 5.73 Å². The zero-order valence-corrected chi connectivity index (χ0v) is 10.5. The van der Waals surface area contributed by atoms with E-state index in [0.717, 1.165) is 15.4 Å². The summed E-state index contributed by atoms with van der Waals surface area (Å²) in [4.78, 5) is 0. The molecule has 0 aliphatic heterocycles. The van der Waals surface area contributed by atoms with Crippen LogP contribution in [0.1, 0.15) is 17.2 Å². The highest BCUT2D eigenvalue weighted by atomic mass is 79.9. The standard InChI is InChI=1S/C11H8BrF2NS/c12-10-3-6(5-16-10)11(15)8-2-1-7(13)4-9(8)14/h1-5,11H,15H2. The monoisotopic (exact) mass is 303 g/mol. The Morgan fingerprint density at radius 3 is 2.56 bits per heavy atom.